The summed E-state index contributed by atoms with van der Waals surface area (Å²) in [7, 11) is 0. The normalized spacial score (nSPS) is 14.7. The van der Waals surface area contributed by atoms with Gasteiger partial charge in [-0.2, -0.15) is 0 Å². The Morgan fingerprint density at radius 2 is 2.08 bits per heavy atom. The maximum Gasteiger partial charge on any atom is 0.0286 e. The molecule has 0 radical (unpaired) electrons. The zero-order valence-corrected chi connectivity index (χ0v) is 9.03. The Kier molecular flexibility index (Phi) is 7.51. The number of hydrogen-bond donors (Lipinski definition) is 0. The zero-order valence-electron chi connectivity index (χ0n) is 9.03. The van der Waals surface area contributed by atoms with Crippen molar-refractivity contribution in [3.05, 3.63) is 10.4 Å². The molecule has 0 saturated carbocycles. The first-order valence-electron chi connectivity index (χ1n) is 5.25. The van der Waals surface area contributed by atoms with Gasteiger partial charge in [0, 0.05) is 11.5 Å². The van der Waals surface area contributed by atoms with Crippen LogP contribution in [0.5, 0.6) is 0 Å². The second-order valence-electron chi connectivity index (χ2n) is 3.82. The van der Waals surface area contributed by atoms with Crippen molar-refractivity contribution in [2.24, 2.45) is 17.0 Å². The van der Waals surface area contributed by atoms with Crippen LogP contribution in [0.2, 0.25) is 0 Å². The van der Waals surface area contributed by atoms with Crippen molar-refractivity contribution in [3.8, 4) is 0 Å². The first kappa shape index (κ1) is 12.3. The molecule has 0 aliphatic carbocycles. The van der Waals surface area contributed by atoms with Crippen LogP contribution < -0.4 is 0 Å². The smallest absolute Gasteiger partial charge is 0.0286 e. The van der Waals surface area contributed by atoms with Gasteiger partial charge in [0.15, 0.2) is 0 Å². The fraction of sp³-hybridized carbons (Fsp3) is 1.00. The molecule has 0 aliphatic rings. The molecule has 0 amide bonds. The first-order chi connectivity index (χ1) is 6.24. The van der Waals surface area contributed by atoms with Crippen molar-refractivity contribution in [2.45, 2.75) is 46.5 Å². The molecule has 0 rings (SSSR count). The molecule has 0 aromatic heterocycles. The average molecular weight is 183 g/mol. The van der Waals surface area contributed by atoms with Crippen molar-refractivity contribution < 1.29 is 0 Å². The highest BCUT2D eigenvalue weighted by Gasteiger charge is 2.09. The van der Waals surface area contributed by atoms with E-state index >= 15 is 0 Å². The lowest BCUT2D eigenvalue weighted by Gasteiger charge is -2.16. The van der Waals surface area contributed by atoms with Crippen LogP contribution >= 0.6 is 0 Å². The summed E-state index contributed by atoms with van der Waals surface area (Å²) >= 11 is 0. The third-order valence-electron chi connectivity index (χ3n) is 2.50. The summed E-state index contributed by atoms with van der Waals surface area (Å²) in [6.45, 7) is 7.32. The molecule has 0 bridgehead atoms. The SMILES string of the molecule is CCC[C@@H](C)C[C@@H](CC)CN=[N+]=[N-]. The Bertz CT molecular complexity index is 162. The zero-order chi connectivity index (χ0) is 10.1. The summed E-state index contributed by atoms with van der Waals surface area (Å²) in [5.41, 5.74) is 8.21. The molecular weight excluding hydrogens is 162 g/mol. The molecule has 2 atom stereocenters. The molecule has 0 N–H and O–H groups in total. The van der Waals surface area contributed by atoms with E-state index in [2.05, 4.69) is 30.8 Å². The van der Waals surface area contributed by atoms with Gasteiger partial charge in [-0.05, 0) is 23.8 Å². The van der Waals surface area contributed by atoms with E-state index in [1.54, 1.807) is 0 Å². The molecule has 0 saturated heterocycles. The predicted octanol–water partition coefficient (Wildman–Crippen LogP) is 4.15. The van der Waals surface area contributed by atoms with Gasteiger partial charge in [-0.3, -0.25) is 0 Å². The van der Waals surface area contributed by atoms with E-state index in [0.29, 0.717) is 12.5 Å². The van der Waals surface area contributed by atoms with E-state index in [4.69, 9.17) is 5.53 Å². The first-order valence-corrected chi connectivity index (χ1v) is 5.25. The molecule has 13 heavy (non-hydrogen) atoms. The topological polar surface area (TPSA) is 48.8 Å². The van der Waals surface area contributed by atoms with Crippen LogP contribution in [0.3, 0.4) is 0 Å². The quantitative estimate of drug-likeness (QED) is 0.323. The highest BCUT2D eigenvalue weighted by Crippen LogP contribution is 2.19. The van der Waals surface area contributed by atoms with Crippen LogP contribution in [0.15, 0.2) is 5.11 Å². The van der Waals surface area contributed by atoms with Crippen molar-refractivity contribution in [1.82, 2.24) is 0 Å². The molecule has 3 heteroatoms. The lowest BCUT2D eigenvalue weighted by Crippen LogP contribution is -2.08. The number of nitrogens with zero attached hydrogens (tertiary/aromatic N) is 3. The van der Waals surface area contributed by atoms with Crippen molar-refractivity contribution >= 4 is 0 Å². The predicted molar refractivity (Wildman–Crippen MR) is 56.5 cm³/mol. The minimum absolute atomic E-state index is 0.581. The monoisotopic (exact) mass is 183 g/mol. The van der Waals surface area contributed by atoms with Crippen LogP contribution in [0, 0.1) is 11.8 Å². The minimum atomic E-state index is 0.581. The third-order valence-corrected chi connectivity index (χ3v) is 2.50. The van der Waals surface area contributed by atoms with Crippen LogP contribution in [0.1, 0.15) is 46.5 Å². The second kappa shape index (κ2) is 7.93. The molecule has 0 unspecified atom stereocenters. The summed E-state index contributed by atoms with van der Waals surface area (Å²) in [5.74, 6) is 1.35. The largest absolute Gasteiger partial charge is 0.0937 e. The summed E-state index contributed by atoms with van der Waals surface area (Å²) in [6, 6.07) is 0. The van der Waals surface area contributed by atoms with E-state index in [9.17, 15) is 0 Å². The van der Waals surface area contributed by atoms with E-state index in [0.717, 1.165) is 12.3 Å². The van der Waals surface area contributed by atoms with Gasteiger partial charge in [0.25, 0.3) is 0 Å². The van der Waals surface area contributed by atoms with Gasteiger partial charge in [0.05, 0.1) is 0 Å². The molecule has 76 valence electrons. The highest BCUT2D eigenvalue weighted by molar-refractivity contribution is 4.65. The van der Waals surface area contributed by atoms with Crippen LogP contribution in [0.25, 0.3) is 10.4 Å². The third kappa shape index (κ3) is 6.47. The van der Waals surface area contributed by atoms with E-state index in [-0.39, 0.29) is 0 Å². The van der Waals surface area contributed by atoms with Gasteiger partial charge >= 0.3 is 0 Å². The Balaban J connectivity index is 3.74. The van der Waals surface area contributed by atoms with Gasteiger partial charge in [-0.25, -0.2) is 0 Å². The van der Waals surface area contributed by atoms with Crippen LogP contribution in [0.4, 0.5) is 0 Å². The Morgan fingerprint density at radius 1 is 1.38 bits per heavy atom. The standard InChI is InChI=1S/C10H21N3/c1-4-6-9(3)7-10(5-2)8-12-13-11/h9-10H,4-8H2,1-3H3/t9-,10-/m1/s1. The molecule has 0 aromatic rings. The van der Waals surface area contributed by atoms with E-state index < -0.39 is 0 Å². The van der Waals surface area contributed by atoms with Crippen molar-refractivity contribution in [1.29, 1.82) is 0 Å². The molecule has 0 fully saturated rings. The fourth-order valence-corrected chi connectivity index (χ4v) is 1.70. The van der Waals surface area contributed by atoms with Crippen molar-refractivity contribution in [3.63, 3.8) is 0 Å². The molecule has 0 aromatic carbocycles. The van der Waals surface area contributed by atoms with Crippen molar-refractivity contribution in [2.75, 3.05) is 6.54 Å². The fourth-order valence-electron chi connectivity index (χ4n) is 1.70. The number of rotatable bonds is 7. The van der Waals surface area contributed by atoms with E-state index in [1.165, 1.54) is 19.3 Å². The van der Waals surface area contributed by atoms with Crippen LogP contribution in [-0.4, -0.2) is 6.54 Å². The van der Waals surface area contributed by atoms with Gasteiger partial charge < -0.3 is 0 Å². The lowest BCUT2D eigenvalue weighted by molar-refractivity contribution is 0.369. The Morgan fingerprint density at radius 3 is 2.54 bits per heavy atom. The van der Waals surface area contributed by atoms with Gasteiger partial charge in [0.2, 0.25) is 0 Å². The second-order valence-corrected chi connectivity index (χ2v) is 3.82. The number of hydrogen-bond acceptors (Lipinski definition) is 1. The highest BCUT2D eigenvalue weighted by atomic mass is 15.1. The lowest BCUT2D eigenvalue weighted by atomic mass is 9.91. The van der Waals surface area contributed by atoms with Crippen LogP contribution in [-0.2, 0) is 0 Å². The Labute approximate surface area is 81.2 Å². The molecular formula is C10H21N3. The molecule has 0 aliphatic heterocycles. The maximum atomic E-state index is 8.21. The molecule has 0 heterocycles. The minimum Gasteiger partial charge on any atom is -0.0937 e. The summed E-state index contributed by atoms with van der Waals surface area (Å²) in [5, 5.41) is 3.64. The summed E-state index contributed by atoms with van der Waals surface area (Å²) in [6.07, 6.45) is 4.85. The molecule has 3 nitrogen and oxygen atoms in total. The average Bonchev–Trinajstić information content (AvgIpc) is 2.12. The summed E-state index contributed by atoms with van der Waals surface area (Å²) in [4.78, 5) is 2.80. The van der Waals surface area contributed by atoms with Gasteiger partial charge in [-0.15, -0.1) is 0 Å². The number of azide groups is 1. The van der Waals surface area contributed by atoms with Gasteiger partial charge in [-0.1, -0.05) is 45.1 Å². The Hall–Kier alpha value is -0.690. The van der Waals surface area contributed by atoms with E-state index in [1.807, 2.05) is 0 Å². The maximum absolute atomic E-state index is 8.21. The van der Waals surface area contributed by atoms with Gasteiger partial charge in [0.1, 0.15) is 0 Å². The summed E-state index contributed by atoms with van der Waals surface area (Å²) < 4.78 is 0. The molecule has 0 spiro atoms.